The lowest BCUT2D eigenvalue weighted by Gasteiger charge is -2.48. The van der Waals surface area contributed by atoms with Gasteiger partial charge in [0.1, 0.15) is 29.5 Å². The molecule has 1 aliphatic rings. The maximum Gasteiger partial charge on any atom is 0.349 e. The molecule has 19 heteroatoms. The number of methoxy groups -OCH3 is 1. The summed E-state index contributed by atoms with van der Waals surface area (Å²) in [6.07, 6.45) is -6.88. The van der Waals surface area contributed by atoms with E-state index in [1.807, 2.05) is 6.92 Å². The Labute approximate surface area is 355 Å². The van der Waals surface area contributed by atoms with E-state index >= 15 is 0 Å². The van der Waals surface area contributed by atoms with Crippen LogP contribution in [0.25, 0.3) is 0 Å². The van der Waals surface area contributed by atoms with Crippen LogP contribution in [-0.4, -0.2) is 103 Å². The van der Waals surface area contributed by atoms with Crippen LogP contribution >= 0.6 is 11.8 Å². The predicted octanol–water partition coefficient (Wildman–Crippen LogP) is 3.74. The number of esters is 6. The van der Waals surface area contributed by atoms with Crippen molar-refractivity contribution in [1.29, 1.82) is 0 Å². The molecule has 326 valence electrons. The molecule has 0 bridgehead atoms. The molecular formula is C42H46N2O16S. The smallest absolute Gasteiger partial charge is 0.349 e. The molecule has 0 radical (unpaired) electrons. The van der Waals surface area contributed by atoms with E-state index < -0.39 is 103 Å². The van der Waals surface area contributed by atoms with Crippen molar-refractivity contribution >= 4 is 59.4 Å². The van der Waals surface area contributed by atoms with Gasteiger partial charge in [-0.2, -0.15) is 0 Å². The van der Waals surface area contributed by atoms with Gasteiger partial charge in [-0.3, -0.25) is 33.6 Å². The molecule has 0 spiro atoms. The average Bonchev–Trinajstić information content (AvgIpc) is 3.19. The van der Waals surface area contributed by atoms with Gasteiger partial charge in [0.05, 0.1) is 19.7 Å². The summed E-state index contributed by atoms with van der Waals surface area (Å²) in [5.41, 5.74) is 0.998. The van der Waals surface area contributed by atoms with E-state index in [0.29, 0.717) is 16.4 Å². The van der Waals surface area contributed by atoms with Gasteiger partial charge in [0.2, 0.25) is 4.93 Å². The Morgan fingerprint density at radius 1 is 0.787 bits per heavy atom. The summed E-state index contributed by atoms with van der Waals surface area (Å²) in [7, 11) is 1.11. The van der Waals surface area contributed by atoms with Crippen molar-refractivity contribution in [3.05, 3.63) is 83.9 Å². The van der Waals surface area contributed by atoms with Crippen LogP contribution in [-0.2, 0) is 62.0 Å². The molecule has 6 atom stereocenters. The fourth-order valence-electron chi connectivity index (χ4n) is 6.16. The van der Waals surface area contributed by atoms with Gasteiger partial charge in [-0.1, -0.05) is 35.5 Å². The summed E-state index contributed by atoms with van der Waals surface area (Å²) < 4.78 is 44.7. The number of carbonyl (C=O) groups excluding carboxylic acids is 8. The van der Waals surface area contributed by atoms with Crippen LogP contribution in [0.5, 0.6) is 17.2 Å². The van der Waals surface area contributed by atoms with Crippen LogP contribution in [0, 0.1) is 6.92 Å². The number of aryl methyl sites for hydroxylation is 1. The number of benzene rings is 3. The predicted molar refractivity (Wildman–Crippen MR) is 213 cm³/mol. The molecule has 0 aromatic heterocycles. The lowest BCUT2D eigenvalue weighted by atomic mass is 9.89. The molecule has 2 amide bonds. The number of amides is 2. The molecule has 1 fully saturated rings. The van der Waals surface area contributed by atoms with Gasteiger partial charge in [0, 0.05) is 51.5 Å². The van der Waals surface area contributed by atoms with Crippen molar-refractivity contribution in [2.24, 2.45) is 0 Å². The molecule has 0 aliphatic carbocycles. The fourth-order valence-corrected chi connectivity index (χ4v) is 7.39. The van der Waals surface area contributed by atoms with Crippen LogP contribution in [0.2, 0.25) is 0 Å². The van der Waals surface area contributed by atoms with Crippen LogP contribution in [0.4, 0.5) is 0 Å². The van der Waals surface area contributed by atoms with Gasteiger partial charge in [-0.05, 0) is 61.5 Å². The first-order valence-corrected chi connectivity index (χ1v) is 19.5. The minimum Gasteiger partial charge on any atom is -0.466 e. The average molecular weight is 867 g/mol. The van der Waals surface area contributed by atoms with Gasteiger partial charge in [0.15, 0.2) is 18.8 Å². The van der Waals surface area contributed by atoms with E-state index in [4.69, 9.17) is 37.9 Å². The van der Waals surface area contributed by atoms with Gasteiger partial charge in [0.25, 0.3) is 11.8 Å². The van der Waals surface area contributed by atoms with Crippen LogP contribution in [0.3, 0.4) is 0 Å². The maximum atomic E-state index is 13.9. The second-order valence-electron chi connectivity index (χ2n) is 13.6. The summed E-state index contributed by atoms with van der Waals surface area (Å²) in [4.78, 5) is 100. The van der Waals surface area contributed by atoms with Gasteiger partial charge >= 0.3 is 35.8 Å². The minimum atomic E-state index is -2.06. The van der Waals surface area contributed by atoms with Gasteiger partial charge < -0.3 is 48.5 Å². The quantitative estimate of drug-likeness (QED) is 0.112. The molecule has 18 nitrogen and oxygen atoms in total. The molecule has 61 heavy (non-hydrogen) atoms. The highest BCUT2D eigenvalue weighted by atomic mass is 32.2. The fraction of sp³-hybridized carbons (Fsp3) is 0.381. The highest BCUT2D eigenvalue weighted by Crippen LogP contribution is 2.46. The first-order chi connectivity index (χ1) is 28.9. The Balaban J connectivity index is 1.74. The molecule has 1 aliphatic heterocycles. The number of thioether (sulfide) groups is 1. The Bertz CT molecular complexity index is 2090. The highest BCUT2D eigenvalue weighted by molar-refractivity contribution is 8.01. The third kappa shape index (κ3) is 14.1. The van der Waals surface area contributed by atoms with Gasteiger partial charge in [-0.15, -0.1) is 0 Å². The standard InChI is InChI=1S/C42H46N2O16S/c1-23-11-17-33(18-12-23)61-42(41(52)53-7)20-34(56-26(4)47)37(44-36(50)22-54-24(2)45)39(60-42)38(58-28(6)49)35(57-27(5)48)21-43-40(51)29-9-8-10-32(19-29)59-31-15-13-30(14-16-31)55-25(3)46/h8-19,34-35,37-39H,20-22H2,1-7H3,(H,43,51)(H,44,50)/t34-,35+,37+,38+,39+,42+/m0/s1. The minimum absolute atomic E-state index is 0.0956. The number of hydrogen-bond donors (Lipinski definition) is 2. The van der Waals surface area contributed by atoms with Crippen molar-refractivity contribution in [2.75, 3.05) is 20.3 Å². The number of carbonyl (C=O) groups is 8. The lowest BCUT2D eigenvalue weighted by Crippen LogP contribution is -2.68. The van der Waals surface area contributed by atoms with Crippen molar-refractivity contribution in [3.8, 4) is 17.2 Å². The van der Waals surface area contributed by atoms with Crippen LogP contribution in [0.15, 0.2) is 77.7 Å². The Kier molecular flexibility index (Phi) is 16.8. The van der Waals surface area contributed by atoms with E-state index in [2.05, 4.69) is 10.6 Å². The van der Waals surface area contributed by atoms with Crippen molar-refractivity contribution in [2.45, 2.75) is 88.2 Å². The van der Waals surface area contributed by atoms with Crippen LogP contribution < -0.4 is 20.1 Å². The largest absolute Gasteiger partial charge is 0.466 e. The summed E-state index contributed by atoms with van der Waals surface area (Å²) in [6.45, 7) is 6.09. The SMILES string of the molecule is COC(=O)[C@]1(Sc2ccc(C)cc2)C[C@H](OC(C)=O)[C@@H](NC(=O)COC(C)=O)[C@H]([C@H](OC(C)=O)[C@@H](CNC(=O)c2cccc(Oc3ccc(OC(C)=O)cc3)c2)OC(C)=O)O1. The molecule has 3 aromatic rings. The van der Waals surface area contributed by atoms with E-state index in [-0.39, 0.29) is 11.3 Å². The molecule has 1 saturated heterocycles. The molecular weight excluding hydrogens is 821 g/mol. The Morgan fingerprint density at radius 2 is 1.44 bits per heavy atom. The second-order valence-corrected chi connectivity index (χ2v) is 14.9. The van der Waals surface area contributed by atoms with E-state index in [1.165, 1.54) is 31.2 Å². The Morgan fingerprint density at radius 3 is 2.03 bits per heavy atom. The first kappa shape index (κ1) is 47.2. The molecule has 3 aromatic carbocycles. The topological polar surface area (TPSA) is 234 Å². The number of hydrogen-bond acceptors (Lipinski definition) is 17. The summed E-state index contributed by atoms with van der Waals surface area (Å²) in [5.74, 6) is -5.54. The summed E-state index contributed by atoms with van der Waals surface area (Å²) in [6, 6.07) is 17.7. The summed E-state index contributed by atoms with van der Waals surface area (Å²) >= 11 is 0.885. The van der Waals surface area contributed by atoms with Crippen molar-refractivity contribution in [3.63, 3.8) is 0 Å². The second kappa shape index (κ2) is 21.7. The third-order valence-corrected chi connectivity index (χ3v) is 9.86. The number of nitrogens with one attached hydrogen (secondary N) is 2. The lowest BCUT2D eigenvalue weighted by molar-refractivity contribution is -0.220. The third-order valence-electron chi connectivity index (χ3n) is 8.59. The van der Waals surface area contributed by atoms with Crippen molar-refractivity contribution in [1.82, 2.24) is 10.6 Å². The molecule has 2 N–H and O–H groups in total. The highest BCUT2D eigenvalue weighted by Gasteiger charge is 2.59. The number of ether oxygens (including phenoxy) is 8. The van der Waals surface area contributed by atoms with Crippen LogP contribution in [0.1, 0.15) is 57.0 Å². The maximum absolute atomic E-state index is 13.9. The van der Waals surface area contributed by atoms with Crippen molar-refractivity contribution < 1.29 is 76.3 Å². The Hall–Kier alpha value is -6.47. The van der Waals surface area contributed by atoms with Gasteiger partial charge in [-0.25, -0.2) is 4.79 Å². The molecule has 1 heterocycles. The molecule has 0 unspecified atom stereocenters. The summed E-state index contributed by atoms with van der Waals surface area (Å²) in [5, 5.41) is 5.25. The molecule has 4 rings (SSSR count). The van der Waals surface area contributed by atoms with E-state index in [1.54, 1.807) is 48.5 Å². The monoisotopic (exact) mass is 866 g/mol. The van der Waals surface area contributed by atoms with E-state index in [9.17, 15) is 38.4 Å². The zero-order chi connectivity index (χ0) is 44.9. The zero-order valence-corrected chi connectivity index (χ0v) is 35.2. The molecule has 0 saturated carbocycles. The first-order valence-electron chi connectivity index (χ1n) is 18.7. The van der Waals surface area contributed by atoms with E-state index in [0.717, 1.165) is 52.1 Å². The number of rotatable bonds is 17. The normalized spacial score (nSPS) is 19.1. The zero-order valence-electron chi connectivity index (χ0n) is 34.4.